The van der Waals surface area contributed by atoms with E-state index in [0.717, 1.165) is 21.3 Å². The van der Waals surface area contributed by atoms with Crippen molar-refractivity contribution in [1.29, 1.82) is 0 Å². The molecule has 104 valence electrons. The number of pyridine rings is 1. The van der Waals surface area contributed by atoms with Crippen LogP contribution in [0.25, 0.3) is 0 Å². The van der Waals surface area contributed by atoms with Crippen molar-refractivity contribution in [3.05, 3.63) is 56.8 Å². The molecule has 0 N–H and O–H groups in total. The van der Waals surface area contributed by atoms with Gasteiger partial charge in [0.1, 0.15) is 5.15 Å². The van der Waals surface area contributed by atoms with Gasteiger partial charge in [0.2, 0.25) is 0 Å². The topological polar surface area (TPSA) is 33.2 Å². The number of nitrogens with zero attached hydrogens (tertiary/aromatic N) is 2. The first-order chi connectivity index (χ1) is 9.38. The number of aromatic nitrogens is 1. The molecule has 0 atom stereocenters. The Kier molecular flexibility index (Phi) is 4.45. The van der Waals surface area contributed by atoms with Gasteiger partial charge in [-0.25, -0.2) is 4.98 Å². The van der Waals surface area contributed by atoms with Gasteiger partial charge in [-0.1, -0.05) is 17.7 Å². The predicted octanol–water partition coefficient (Wildman–Crippen LogP) is 4.39. The number of aryl methyl sites for hydroxylation is 2. The zero-order chi connectivity index (χ0) is 14.9. The van der Waals surface area contributed by atoms with Gasteiger partial charge in [-0.3, -0.25) is 4.79 Å². The van der Waals surface area contributed by atoms with Crippen LogP contribution in [0.15, 0.2) is 34.9 Å². The van der Waals surface area contributed by atoms with Gasteiger partial charge in [-0.05, 0) is 59.1 Å². The second-order valence-electron chi connectivity index (χ2n) is 4.70. The van der Waals surface area contributed by atoms with Crippen LogP contribution in [-0.2, 0) is 0 Å². The lowest BCUT2D eigenvalue weighted by atomic mass is 10.1. The van der Waals surface area contributed by atoms with E-state index in [0.29, 0.717) is 5.56 Å². The van der Waals surface area contributed by atoms with Crippen LogP contribution >= 0.6 is 27.5 Å². The maximum absolute atomic E-state index is 12.5. The molecule has 1 amide bonds. The molecule has 5 heteroatoms. The minimum atomic E-state index is -0.186. The van der Waals surface area contributed by atoms with E-state index in [1.165, 1.54) is 0 Å². The highest BCUT2D eigenvalue weighted by Crippen LogP contribution is 2.23. The monoisotopic (exact) mass is 352 g/mol. The number of anilines is 1. The van der Waals surface area contributed by atoms with Crippen molar-refractivity contribution in [2.75, 3.05) is 11.9 Å². The summed E-state index contributed by atoms with van der Waals surface area (Å²) in [5.74, 6) is -0.186. The van der Waals surface area contributed by atoms with Crippen LogP contribution in [0, 0.1) is 13.8 Å². The molecular formula is C15H14BrClN2O. The summed E-state index contributed by atoms with van der Waals surface area (Å²) in [6, 6.07) is 7.67. The molecule has 0 saturated heterocycles. The summed E-state index contributed by atoms with van der Waals surface area (Å²) < 4.78 is 0.721. The van der Waals surface area contributed by atoms with E-state index in [-0.39, 0.29) is 11.1 Å². The van der Waals surface area contributed by atoms with Crippen LogP contribution in [0.3, 0.4) is 0 Å². The van der Waals surface area contributed by atoms with E-state index in [1.54, 1.807) is 24.2 Å². The third kappa shape index (κ3) is 3.19. The Hall–Kier alpha value is -1.39. The molecule has 1 heterocycles. The largest absolute Gasteiger partial charge is 0.311 e. The molecule has 0 fully saturated rings. The molecule has 0 aliphatic carbocycles. The summed E-state index contributed by atoms with van der Waals surface area (Å²) in [7, 11) is 1.73. The zero-order valence-electron chi connectivity index (χ0n) is 11.4. The highest BCUT2D eigenvalue weighted by molar-refractivity contribution is 9.10. The van der Waals surface area contributed by atoms with Gasteiger partial charge in [-0.15, -0.1) is 0 Å². The molecule has 0 saturated carbocycles. The Morgan fingerprint density at radius 3 is 2.40 bits per heavy atom. The van der Waals surface area contributed by atoms with Crippen molar-refractivity contribution in [3.63, 3.8) is 0 Å². The molecule has 1 aromatic heterocycles. The van der Waals surface area contributed by atoms with Crippen molar-refractivity contribution in [2.45, 2.75) is 13.8 Å². The van der Waals surface area contributed by atoms with Crippen LogP contribution in [-0.4, -0.2) is 17.9 Å². The number of benzene rings is 1. The number of hydrogen-bond acceptors (Lipinski definition) is 2. The Balaban J connectivity index is 2.39. The normalized spacial score (nSPS) is 10.4. The molecule has 0 radical (unpaired) electrons. The summed E-state index contributed by atoms with van der Waals surface area (Å²) in [6.45, 7) is 4.00. The smallest absolute Gasteiger partial charge is 0.261 e. The maximum atomic E-state index is 12.5. The molecule has 0 bridgehead atoms. The first-order valence-electron chi connectivity index (χ1n) is 6.06. The average Bonchev–Trinajstić information content (AvgIpc) is 2.38. The zero-order valence-corrected chi connectivity index (χ0v) is 13.8. The van der Waals surface area contributed by atoms with E-state index < -0.39 is 0 Å². The van der Waals surface area contributed by atoms with Gasteiger partial charge in [0, 0.05) is 23.4 Å². The standard InChI is InChI=1S/C15H14BrClN2O/c1-9-4-10(2)6-12(5-9)19(3)15(20)13-7-11(16)8-18-14(13)17/h4-8H,1-3H3. The Labute approximate surface area is 131 Å². The van der Waals surface area contributed by atoms with Gasteiger partial charge >= 0.3 is 0 Å². The Morgan fingerprint density at radius 1 is 1.20 bits per heavy atom. The summed E-state index contributed by atoms with van der Waals surface area (Å²) in [5.41, 5.74) is 3.43. The van der Waals surface area contributed by atoms with E-state index in [2.05, 4.69) is 27.0 Å². The lowest BCUT2D eigenvalue weighted by Crippen LogP contribution is -2.26. The number of carbonyl (C=O) groups is 1. The average molecular weight is 354 g/mol. The SMILES string of the molecule is Cc1cc(C)cc(N(C)C(=O)c2cc(Br)cnc2Cl)c1. The molecule has 0 unspecified atom stereocenters. The predicted molar refractivity (Wildman–Crippen MR) is 85.6 cm³/mol. The van der Waals surface area contributed by atoms with Gasteiger partial charge in [0.25, 0.3) is 5.91 Å². The molecule has 0 aliphatic rings. The van der Waals surface area contributed by atoms with Crippen LogP contribution < -0.4 is 4.90 Å². The number of rotatable bonds is 2. The molecule has 3 nitrogen and oxygen atoms in total. The Morgan fingerprint density at radius 2 is 1.80 bits per heavy atom. The number of hydrogen-bond donors (Lipinski definition) is 0. The first kappa shape index (κ1) is 15.0. The maximum Gasteiger partial charge on any atom is 0.261 e. The van der Waals surface area contributed by atoms with Gasteiger partial charge < -0.3 is 4.90 Å². The van der Waals surface area contributed by atoms with Gasteiger partial charge in [-0.2, -0.15) is 0 Å². The highest BCUT2D eigenvalue weighted by Gasteiger charge is 2.18. The fraction of sp³-hybridized carbons (Fsp3) is 0.200. The third-order valence-corrected chi connectivity index (χ3v) is 3.67. The molecule has 2 aromatic rings. The molecule has 20 heavy (non-hydrogen) atoms. The van der Waals surface area contributed by atoms with Crippen LogP contribution in [0.4, 0.5) is 5.69 Å². The highest BCUT2D eigenvalue weighted by atomic mass is 79.9. The minimum absolute atomic E-state index is 0.186. The van der Waals surface area contributed by atoms with Crippen molar-refractivity contribution < 1.29 is 4.79 Å². The molecule has 0 spiro atoms. The van der Waals surface area contributed by atoms with Crippen molar-refractivity contribution >= 4 is 39.1 Å². The Bertz CT molecular complexity index is 653. The summed E-state index contributed by atoms with van der Waals surface area (Å²) in [5, 5.41) is 0.203. The minimum Gasteiger partial charge on any atom is -0.311 e. The molecule has 2 rings (SSSR count). The number of carbonyl (C=O) groups excluding carboxylic acids is 1. The summed E-state index contributed by atoms with van der Waals surface area (Å²) in [6.07, 6.45) is 1.57. The van der Waals surface area contributed by atoms with Crippen LogP contribution in [0.5, 0.6) is 0 Å². The van der Waals surface area contributed by atoms with Crippen molar-refractivity contribution in [3.8, 4) is 0 Å². The summed E-state index contributed by atoms with van der Waals surface area (Å²) >= 11 is 9.31. The fourth-order valence-corrected chi connectivity index (χ4v) is 2.53. The molecule has 1 aromatic carbocycles. The van der Waals surface area contributed by atoms with Crippen molar-refractivity contribution in [1.82, 2.24) is 4.98 Å². The van der Waals surface area contributed by atoms with E-state index in [1.807, 2.05) is 26.0 Å². The second kappa shape index (κ2) is 5.94. The van der Waals surface area contributed by atoms with E-state index in [9.17, 15) is 4.79 Å². The van der Waals surface area contributed by atoms with Crippen LogP contribution in [0.1, 0.15) is 21.5 Å². The van der Waals surface area contributed by atoms with Crippen LogP contribution in [0.2, 0.25) is 5.15 Å². The second-order valence-corrected chi connectivity index (χ2v) is 5.98. The van der Waals surface area contributed by atoms with E-state index >= 15 is 0 Å². The third-order valence-electron chi connectivity index (χ3n) is 2.93. The summed E-state index contributed by atoms with van der Waals surface area (Å²) in [4.78, 5) is 18.1. The van der Waals surface area contributed by atoms with Gasteiger partial charge in [0.05, 0.1) is 5.56 Å². The number of halogens is 2. The molecular weight excluding hydrogens is 340 g/mol. The lowest BCUT2D eigenvalue weighted by Gasteiger charge is -2.19. The van der Waals surface area contributed by atoms with Gasteiger partial charge in [0.15, 0.2) is 0 Å². The van der Waals surface area contributed by atoms with E-state index in [4.69, 9.17) is 11.6 Å². The van der Waals surface area contributed by atoms with Crippen molar-refractivity contribution in [2.24, 2.45) is 0 Å². The fourth-order valence-electron chi connectivity index (χ4n) is 2.01. The first-order valence-corrected chi connectivity index (χ1v) is 7.23. The lowest BCUT2D eigenvalue weighted by molar-refractivity contribution is 0.0993. The molecule has 0 aliphatic heterocycles. The number of amides is 1. The quantitative estimate of drug-likeness (QED) is 0.750.